The van der Waals surface area contributed by atoms with Gasteiger partial charge in [0, 0.05) is 35.0 Å². The van der Waals surface area contributed by atoms with Crippen LogP contribution in [0.25, 0.3) is 10.9 Å². The van der Waals surface area contributed by atoms with Gasteiger partial charge in [0.1, 0.15) is 0 Å². The van der Waals surface area contributed by atoms with Crippen LogP contribution in [0.2, 0.25) is 0 Å². The van der Waals surface area contributed by atoms with E-state index in [4.69, 9.17) is 0 Å². The molecule has 0 radical (unpaired) electrons. The van der Waals surface area contributed by atoms with Crippen LogP contribution in [0.5, 0.6) is 0 Å². The van der Waals surface area contributed by atoms with E-state index in [0.29, 0.717) is 6.04 Å². The van der Waals surface area contributed by atoms with Crippen LogP contribution in [0.3, 0.4) is 0 Å². The molecule has 0 spiro atoms. The summed E-state index contributed by atoms with van der Waals surface area (Å²) in [5.74, 6) is 0. The molecule has 0 amide bonds. The number of aromatic nitrogens is 2. The molecule has 1 aliphatic heterocycles. The van der Waals surface area contributed by atoms with Gasteiger partial charge < -0.3 is 10.3 Å². The summed E-state index contributed by atoms with van der Waals surface area (Å²) >= 11 is 0. The van der Waals surface area contributed by atoms with Crippen molar-refractivity contribution in [3.8, 4) is 0 Å². The van der Waals surface area contributed by atoms with Crippen LogP contribution in [0.4, 0.5) is 0 Å². The van der Waals surface area contributed by atoms with Crippen molar-refractivity contribution in [1.82, 2.24) is 15.3 Å². The first kappa shape index (κ1) is 14.1. The third kappa shape index (κ3) is 2.33. The molecular weight excluding hydrogens is 282 g/mol. The summed E-state index contributed by atoms with van der Waals surface area (Å²) in [6, 6.07) is 13.4. The van der Waals surface area contributed by atoms with Gasteiger partial charge in [-0.1, -0.05) is 24.3 Å². The second-order valence-corrected chi connectivity index (χ2v) is 5.55. The summed E-state index contributed by atoms with van der Waals surface area (Å²) < 4.78 is 0. The van der Waals surface area contributed by atoms with Gasteiger partial charge in [0.25, 0.3) is 0 Å². The number of rotatable bonds is 1. The molecule has 3 aromatic rings. The standard InChI is InChI=1S/C17H17N3.ClH/c1-11-9-14-13-6-2-3-7-15(13)20-17(14)16(19-11)12-5-4-8-18-10-12;/h2-8,10-11,16,19-20H,9H2,1H3;1H. The number of pyridine rings is 1. The molecule has 1 aliphatic rings. The maximum Gasteiger partial charge on any atom is 0.0749 e. The zero-order chi connectivity index (χ0) is 13.5. The topological polar surface area (TPSA) is 40.7 Å². The minimum atomic E-state index is 0. The van der Waals surface area contributed by atoms with E-state index in [-0.39, 0.29) is 18.4 Å². The van der Waals surface area contributed by atoms with Crippen LogP contribution >= 0.6 is 12.4 Å². The lowest BCUT2D eigenvalue weighted by molar-refractivity contribution is 0.459. The van der Waals surface area contributed by atoms with Gasteiger partial charge in [0.2, 0.25) is 0 Å². The predicted molar refractivity (Wildman–Crippen MR) is 87.9 cm³/mol. The lowest BCUT2D eigenvalue weighted by atomic mass is 9.91. The van der Waals surface area contributed by atoms with Crippen LogP contribution in [-0.4, -0.2) is 16.0 Å². The number of aromatic amines is 1. The van der Waals surface area contributed by atoms with E-state index in [2.05, 4.69) is 52.5 Å². The number of H-pyrrole nitrogens is 1. The molecule has 1 aromatic carbocycles. The molecule has 0 saturated carbocycles. The second kappa shape index (κ2) is 5.51. The molecule has 4 heteroatoms. The summed E-state index contributed by atoms with van der Waals surface area (Å²) in [6.45, 7) is 2.24. The maximum atomic E-state index is 4.26. The first-order valence-corrected chi connectivity index (χ1v) is 7.08. The Morgan fingerprint density at radius 2 is 2.00 bits per heavy atom. The minimum Gasteiger partial charge on any atom is -0.357 e. The van der Waals surface area contributed by atoms with Crippen LogP contribution in [0.15, 0.2) is 48.8 Å². The van der Waals surface area contributed by atoms with E-state index in [1.165, 1.54) is 27.7 Å². The fourth-order valence-electron chi connectivity index (χ4n) is 3.23. The fraction of sp³-hybridized carbons (Fsp3) is 0.235. The molecule has 3 heterocycles. The second-order valence-electron chi connectivity index (χ2n) is 5.55. The van der Waals surface area contributed by atoms with E-state index >= 15 is 0 Å². The molecule has 2 N–H and O–H groups in total. The number of benzene rings is 1. The summed E-state index contributed by atoms with van der Waals surface area (Å²) in [4.78, 5) is 7.85. The van der Waals surface area contributed by atoms with Crippen molar-refractivity contribution in [2.75, 3.05) is 0 Å². The van der Waals surface area contributed by atoms with Gasteiger partial charge in [-0.3, -0.25) is 4.98 Å². The molecule has 3 nitrogen and oxygen atoms in total. The maximum absolute atomic E-state index is 4.26. The Bertz CT molecular complexity index is 751. The van der Waals surface area contributed by atoms with Crippen molar-refractivity contribution < 1.29 is 0 Å². The molecular formula is C17H18ClN3. The molecule has 2 aromatic heterocycles. The summed E-state index contributed by atoms with van der Waals surface area (Å²) in [6.07, 6.45) is 4.84. The number of halogens is 1. The van der Waals surface area contributed by atoms with Crippen molar-refractivity contribution in [3.05, 3.63) is 65.6 Å². The average molecular weight is 300 g/mol. The first-order chi connectivity index (χ1) is 9.83. The van der Waals surface area contributed by atoms with Crippen molar-refractivity contribution >= 4 is 23.3 Å². The highest BCUT2D eigenvalue weighted by molar-refractivity contribution is 5.85. The SMILES string of the molecule is CC1Cc2c([nH]c3ccccc23)C(c2cccnc2)N1.Cl. The first-order valence-electron chi connectivity index (χ1n) is 7.08. The molecule has 108 valence electrons. The average Bonchev–Trinajstić information content (AvgIpc) is 2.86. The normalized spacial score (nSPS) is 20.8. The molecule has 21 heavy (non-hydrogen) atoms. The van der Waals surface area contributed by atoms with Gasteiger partial charge >= 0.3 is 0 Å². The molecule has 0 bridgehead atoms. The third-order valence-electron chi connectivity index (χ3n) is 4.11. The minimum absolute atomic E-state index is 0. The largest absolute Gasteiger partial charge is 0.357 e. The van der Waals surface area contributed by atoms with Gasteiger partial charge in [-0.25, -0.2) is 0 Å². The van der Waals surface area contributed by atoms with Crippen LogP contribution in [0, 0.1) is 0 Å². The third-order valence-corrected chi connectivity index (χ3v) is 4.11. The van der Waals surface area contributed by atoms with Crippen LogP contribution in [-0.2, 0) is 6.42 Å². The molecule has 2 unspecified atom stereocenters. The van der Waals surface area contributed by atoms with Gasteiger partial charge in [0.05, 0.1) is 6.04 Å². The summed E-state index contributed by atoms with van der Waals surface area (Å²) in [7, 11) is 0. The summed E-state index contributed by atoms with van der Waals surface area (Å²) in [5, 5.41) is 5.03. The Morgan fingerprint density at radius 3 is 2.81 bits per heavy atom. The quantitative estimate of drug-likeness (QED) is 0.721. The highest BCUT2D eigenvalue weighted by Gasteiger charge is 2.28. The smallest absolute Gasteiger partial charge is 0.0749 e. The van der Waals surface area contributed by atoms with Crippen molar-refractivity contribution in [2.45, 2.75) is 25.4 Å². The van der Waals surface area contributed by atoms with Gasteiger partial charge in [-0.2, -0.15) is 0 Å². The van der Waals surface area contributed by atoms with Crippen molar-refractivity contribution in [2.24, 2.45) is 0 Å². The molecule has 0 aliphatic carbocycles. The van der Waals surface area contributed by atoms with E-state index in [0.717, 1.165) is 6.42 Å². The number of fused-ring (bicyclic) bond motifs is 3. The van der Waals surface area contributed by atoms with E-state index in [9.17, 15) is 0 Å². The highest BCUT2D eigenvalue weighted by Crippen LogP contribution is 2.34. The Hall–Kier alpha value is -1.84. The monoisotopic (exact) mass is 299 g/mol. The number of nitrogens with zero attached hydrogens (tertiary/aromatic N) is 1. The molecule has 4 rings (SSSR count). The predicted octanol–water partition coefficient (Wildman–Crippen LogP) is 3.61. The van der Waals surface area contributed by atoms with E-state index in [1.807, 2.05) is 18.5 Å². The number of hydrogen-bond acceptors (Lipinski definition) is 2. The molecule has 0 saturated heterocycles. The summed E-state index contributed by atoms with van der Waals surface area (Å²) in [5.41, 5.74) is 5.17. The lowest BCUT2D eigenvalue weighted by Crippen LogP contribution is -2.37. The molecule has 2 atom stereocenters. The van der Waals surface area contributed by atoms with Gasteiger partial charge in [-0.05, 0) is 36.6 Å². The van der Waals surface area contributed by atoms with Crippen LogP contribution < -0.4 is 5.32 Å². The number of para-hydroxylation sites is 1. The Morgan fingerprint density at radius 1 is 1.14 bits per heavy atom. The van der Waals surface area contributed by atoms with E-state index < -0.39 is 0 Å². The van der Waals surface area contributed by atoms with E-state index in [1.54, 1.807) is 0 Å². The highest BCUT2D eigenvalue weighted by atomic mass is 35.5. The molecule has 0 fully saturated rings. The van der Waals surface area contributed by atoms with Crippen molar-refractivity contribution in [1.29, 1.82) is 0 Å². The van der Waals surface area contributed by atoms with Gasteiger partial charge in [-0.15, -0.1) is 12.4 Å². The zero-order valence-electron chi connectivity index (χ0n) is 11.8. The Kier molecular flexibility index (Phi) is 3.70. The number of hydrogen-bond donors (Lipinski definition) is 2. The lowest BCUT2D eigenvalue weighted by Gasteiger charge is -2.29. The van der Waals surface area contributed by atoms with Crippen LogP contribution in [0.1, 0.15) is 29.8 Å². The van der Waals surface area contributed by atoms with Gasteiger partial charge in [0.15, 0.2) is 0 Å². The fourth-order valence-corrected chi connectivity index (χ4v) is 3.23. The van der Waals surface area contributed by atoms with Crippen molar-refractivity contribution in [3.63, 3.8) is 0 Å². The Balaban J connectivity index is 0.00000132. The number of nitrogens with one attached hydrogen (secondary N) is 2. The zero-order valence-corrected chi connectivity index (χ0v) is 12.7. The Labute approximate surface area is 130 Å².